The minimum Gasteiger partial charge on any atom is -0.348 e. The van der Waals surface area contributed by atoms with Crippen LogP contribution in [0, 0.1) is 0 Å². The van der Waals surface area contributed by atoms with Crippen LogP contribution in [0.4, 0.5) is 0 Å². The van der Waals surface area contributed by atoms with Crippen molar-refractivity contribution in [2.45, 2.75) is 51.7 Å². The zero-order chi connectivity index (χ0) is 13.9. The highest BCUT2D eigenvalue weighted by molar-refractivity contribution is 5.17. The monoisotopic (exact) mass is 272 g/mol. The molecule has 4 heteroatoms. The lowest BCUT2D eigenvalue weighted by atomic mass is 10.1. The van der Waals surface area contributed by atoms with Gasteiger partial charge in [0, 0.05) is 30.7 Å². The first-order valence-electron chi connectivity index (χ1n) is 7.71. The van der Waals surface area contributed by atoms with Crippen molar-refractivity contribution in [3.63, 3.8) is 0 Å². The van der Waals surface area contributed by atoms with E-state index in [1.54, 1.807) is 0 Å². The molecule has 1 atom stereocenters. The van der Waals surface area contributed by atoms with Gasteiger partial charge in [0.1, 0.15) is 0 Å². The first kappa shape index (κ1) is 13.4. The quantitative estimate of drug-likeness (QED) is 0.840. The molecule has 0 bridgehead atoms. The summed E-state index contributed by atoms with van der Waals surface area (Å²) in [4.78, 5) is 4.30. The van der Waals surface area contributed by atoms with Gasteiger partial charge in [0.25, 0.3) is 0 Å². The summed E-state index contributed by atoms with van der Waals surface area (Å²) in [7, 11) is 0. The van der Waals surface area contributed by atoms with Crippen LogP contribution in [-0.2, 0) is 6.54 Å². The molecular formula is C16H24N4. The minimum absolute atomic E-state index is 0.467. The van der Waals surface area contributed by atoms with Crippen molar-refractivity contribution in [3.05, 3.63) is 42.2 Å². The van der Waals surface area contributed by atoms with E-state index in [-0.39, 0.29) is 0 Å². The molecule has 1 N–H and O–H groups in total. The number of imidazole rings is 1. The second-order valence-electron chi connectivity index (χ2n) is 5.66. The van der Waals surface area contributed by atoms with Gasteiger partial charge in [-0.15, -0.1) is 0 Å². The van der Waals surface area contributed by atoms with Crippen LogP contribution >= 0.6 is 0 Å². The van der Waals surface area contributed by atoms with E-state index in [0.717, 1.165) is 19.5 Å². The van der Waals surface area contributed by atoms with E-state index in [1.165, 1.54) is 24.1 Å². The first-order valence-corrected chi connectivity index (χ1v) is 7.71. The van der Waals surface area contributed by atoms with Crippen LogP contribution in [-0.4, -0.2) is 20.7 Å². The highest BCUT2D eigenvalue weighted by Gasteiger charge is 2.25. The third kappa shape index (κ3) is 2.80. The third-order valence-corrected chi connectivity index (χ3v) is 4.07. The van der Waals surface area contributed by atoms with Crippen molar-refractivity contribution in [1.82, 2.24) is 19.4 Å². The van der Waals surface area contributed by atoms with E-state index in [0.29, 0.717) is 12.1 Å². The Labute approximate surface area is 120 Å². The van der Waals surface area contributed by atoms with Gasteiger partial charge in [0.15, 0.2) is 0 Å². The van der Waals surface area contributed by atoms with Gasteiger partial charge in [-0.3, -0.25) is 0 Å². The molecule has 0 aromatic carbocycles. The van der Waals surface area contributed by atoms with Gasteiger partial charge in [0.05, 0.1) is 18.6 Å². The molecule has 0 spiro atoms. The van der Waals surface area contributed by atoms with Crippen molar-refractivity contribution < 1.29 is 0 Å². The predicted octanol–water partition coefficient (Wildman–Crippen LogP) is 3.13. The fraction of sp³-hybridized carbons (Fsp3) is 0.562. The number of hydrogen-bond acceptors (Lipinski definition) is 2. The zero-order valence-corrected chi connectivity index (χ0v) is 12.4. The highest BCUT2D eigenvalue weighted by atomic mass is 15.1. The van der Waals surface area contributed by atoms with Crippen molar-refractivity contribution in [2.24, 2.45) is 0 Å². The molecule has 2 heterocycles. The lowest BCUT2D eigenvalue weighted by Crippen LogP contribution is -2.19. The van der Waals surface area contributed by atoms with E-state index in [1.807, 2.05) is 12.5 Å². The predicted molar refractivity (Wildman–Crippen MR) is 80.7 cm³/mol. The van der Waals surface area contributed by atoms with E-state index in [9.17, 15) is 0 Å². The Hall–Kier alpha value is -1.55. The highest BCUT2D eigenvalue weighted by Crippen LogP contribution is 2.35. The largest absolute Gasteiger partial charge is 0.348 e. The van der Waals surface area contributed by atoms with Crippen molar-refractivity contribution in [3.8, 4) is 0 Å². The van der Waals surface area contributed by atoms with Gasteiger partial charge in [0.2, 0.25) is 0 Å². The van der Waals surface area contributed by atoms with E-state index < -0.39 is 0 Å². The van der Waals surface area contributed by atoms with Crippen LogP contribution in [0.25, 0.3) is 0 Å². The molecule has 1 saturated carbocycles. The Morgan fingerprint density at radius 3 is 2.95 bits per heavy atom. The summed E-state index contributed by atoms with van der Waals surface area (Å²) in [6.07, 6.45) is 12.2. The van der Waals surface area contributed by atoms with E-state index >= 15 is 0 Å². The zero-order valence-electron chi connectivity index (χ0n) is 12.4. The average Bonchev–Trinajstić information content (AvgIpc) is 3.02. The maximum atomic E-state index is 4.30. The maximum absolute atomic E-state index is 4.30. The van der Waals surface area contributed by atoms with Gasteiger partial charge in [-0.25, -0.2) is 4.98 Å². The Morgan fingerprint density at radius 2 is 2.25 bits per heavy atom. The van der Waals surface area contributed by atoms with Crippen molar-refractivity contribution in [1.29, 1.82) is 0 Å². The number of hydrogen-bond donors (Lipinski definition) is 1. The van der Waals surface area contributed by atoms with Crippen LogP contribution < -0.4 is 5.32 Å². The number of nitrogens with one attached hydrogen (secondary N) is 1. The summed E-state index contributed by atoms with van der Waals surface area (Å²) in [5, 5.41) is 3.53. The summed E-state index contributed by atoms with van der Waals surface area (Å²) < 4.78 is 4.60. The molecule has 1 aliphatic rings. The molecule has 3 rings (SSSR count). The van der Waals surface area contributed by atoms with E-state index in [2.05, 4.69) is 51.7 Å². The molecule has 4 nitrogen and oxygen atoms in total. The van der Waals surface area contributed by atoms with Gasteiger partial charge in [-0.1, -0.05) is 13.8 Å². The van der Waals surface area contributed by atoms with Gasteiger partial charge in [-0.05, 0) is 37.4 Å². The normalized spacial score (nSPS) is 16.5. The second kappa shape index (κ2) is 5.83. The molecular weight excluding hydrogens is 248 g/mol. The summed E-state index contributed by atoms with van der Waals surface area (Å²) >= 11 is 0. The van der Waals surface area contributed by atoms with Crippen molar-refractivity contribution in [2.75, 3.05) is 6.54 Å². The topological polar surface area (TPSA) is 34.8 Å². The molecule has 2 aromatic rings. The Morgan fingerprint density at radius 1 is 1.40 bits per heavy atom. The Bertz CT molecular complexity index is 550. The van der Waals surface area contributed by atoms with Crippen LogP contribution in [0.2, 0.25) is 0 Å². The molecule has 1 fully saturated rings. The average molecular weight is 272 g/mol. The van der Waals surface area contributed by atoms with Gasteiger partial charge < -0.3 is 14.5 Å². The lowest BCUT2D eigenvalue weighted by Gasteiger charge is -2.14. The van der Waals surface area contributed by atoms with Crippen LogP contribution in [0.5, 0.6) is 0 Å². The Kier molecular flexibility index (Phi) is 3.92. The molecule has 0 amide bonds. The smallest absolute Gasteiger partial charge is 0.0951 e. The van der Waals surface area contributed by atoms with Crippen LogP contribution in [0.1, 0.15) is 56.5 Å². The van der Waals surface area contributed by atoms with E-state index in [4.69, 9.17) is 0 Å². The van der Waals surface area contributed by atoms with Gasteiger partial charge >= 0.3 is 0 Å². The number of nitrogens with zero attached hydrogens (tertiary/aromatic N) is 3. The summed E-state index contributed by atoms with van der Waals surface area (Å²) in [6, 6.07) is 3.40. The molecule has 0 radical (unpaired) electrons. The second-order valence-corrected chi connectivity index (χ2v) is 5.66. The summed E-state index contributed by atoms with van der Waals surface area (Å²) in [6.45, 7) is 6.32. The lowest BCUT2D eigenvalue weighted by molar-refractivity contribution is 0.536. The number of rotatable bonds is 7. The fourth-order valence-electron chi connectivity index (χ4n) is 2.83. The molecule has 0 saturated heterocycles. The molecule has 0 aliphatic heterocycles. The van der Waals surface area contributed by atoms with Gasteiger partial charge in [-0.2, -0.15) is 0 Å². The minimum atomic E-state index is 0.467. The molecule has 1 aliphatic carbocycles. The fourth-order valence-corrected chi connectivity index (χ4v) is 2.83. The Balaban J connectivity index is 1.71. The summed E-state index contributed by atoms with van der Waals surface area (Å²) in [5.74, 6) is 0. The summed E-state index contributed by atoms with van der Waals surface area (Å²) in [5.41, 5.74) is 2.69. The molecule has 1 unspecified atom stereocenters. The standard InChI is InChI=1S/C16H24N4/c1-3-16(18-4-2)13-7-8-19(10-13)11-15-9-17-12-20(15)14-5-6-14/h7-10,12,14,16,18H,3-6,11H2,1-2H3. The van der Waals surface area contributed by atoms with Crippen LogP contribution in [0.15, 0.2) is 31.0 Å². The maximum Gasteiger partial charge on any atom is 0.0951 e. The molecule has 108 valence electrons. The third-order valence-electron chi connectivity index (χ3n) is 4.07. The number of aromatic nitrogens is 3. The molecule has 2 aromatic heterocycles. The first-order chi connectivity index (χ1) is 9.81. The van der Waals surface area contributed by atoms with Crippen molar-refractivity contribution >= 4 is 0 Å². The van der Waals surface area contributed by atoms with Crippen LogP contribution in [0.3, 0.4) is 0 Å². The SMILES string of the molecule is CCNC(CC)c1ccn(Cc2cncn2C2CC2)c1. The molecule has 20 heavy (non-hydrogen) atoms.